The van der Waals surface area contributed by atoms with Crippen LogP contribution in [0.25, 0.3) is 12.2 Å². The Morgan fingerprint density at radius 3 is 2.73 bits per heavy atom. The molecule has 0 atom stereocenters. The number of hydrogen-bond acceptors (Lipinski definition) is 6. The van der Waals surface area contributed by atoms with Crippen LogP contribution in [0.1, 0.15) is 49.7 Å². The van der Waals surface area contributed by atoms with Crippen LogP contribution < -0.4 is 10.6 Å². The number of hydroxylamine groups is 2. The number of amides is 2. The molecule has 1 fully saturated rings. The normalized spacial score (nSPS) is 16.9. The van der Waals surface area contributed by atoms with Crippen LogP contribution in [0.4, 0.5) is 0 Å². The number of carbonyl (C=O) groups is 3. The monoisotopic (exact) mass is 351 g/mol. The Balaban J connectivity index is 1.26. The Morgan fingerprint density at radius 2 is 1.92 bits per heavy atom. The van der Waals surface area contributed by atoms with E-state index in [1.807, 2.05) is 18.2 Å². The highest BCUT2D eigenvalue weighted by molar-refractivity contribution is 6.02. The van der Waals surface area contributed by atoms with Gasteiger partial charge in [0.05, 0.1) is 11.1 Å². The van der Waals surface area contributed by atoms with Gasteiger partial charge in [-0.05, 0) is 42.2 Å². The van der Waals surface area contributed by atoms with Crippen molar-refractivity contribution in [1.29, 1.82) is 0 Å². The lowest BCUT2D eigenvalue weighted by Crippen LogP contribution is -2.31. The SMILES string of the molecule is O=C(CCCCC1=NN=c2cc3c(cc21)=CC=C3)ON1C(=O)CCC1=O. The van der Waals surface area contributed by atoms with Crippen LogP contribution in [0.5, 0.6) is 0 Å². The predicted octanol–water partition coefficient (Wildman–Crippen LogP) is 0.999. The van der Waals surface area contributed by atoms with E-state index in [0.717, 1.165) is 33.8 Å². The van der Waals surface area contributed by atoms with Gasteiger partial charge in [-0.1, -0.05) is 18.2 Å². The van der Waals surface area contributed by atoms with E-state index in [9.17, 15) is 14.4 Å². The number of rotatable bonds is 6. The molecule has 4 rings (SSSR count). The number of allylic oxidation sites excluding steroid dienone is 1. The summed E-state index contributed by atoms with van der Waals surface area (Å²) >= 11 is 0. The summed E-state index contributed by atoms with van der Waals surface area (Å²) in [4.78, 5) is 39.5. The predicted molar refractivity (Wildman–Crippen MR) is 92.9 cm³/mol. The Hall–Kier alpha value is -3.09. The summed E-state index contributed by atoms with van der Waals surface area (Å²) in [6.07, 6.45) is 8.50. The van der Waals surface area contributed by atoms with Gasteiger partial charge in [-0.15, -0.1) is 5.06 Å². The number of nitrogens with zero attached hydrogens (tertiary/aromatic N) is 3. The minimum Gasteiger partial charge on any atom is -0.330 e. The molecule has 1 aromatic carbocycles. The summed E-state index contributed by atoms with van der Waals surface area (Å²) < 4.78 is 0. The molecule has 132 valence electrons. The van der Waals surface area contributed by atoms with Gasteiger partial charge < -0.3 is 4.84 Å². The van der Waals surface area contributed by atoms with Crippen molar-refractivity contribution in [3.05, 3.63) is 39.9 Å². The molecule has 0 aromatic heterocycles. The maximum atomic E-state index is 11.8. The number of imide groups is 1. The van der Waals surface area contributed by atoms with E-state index in [1.54, 1.807) is 0 Å². The highest BCUT2D eigenvalue weighted by Gasteiger charge is 2.32. The van der Waals surface area contributed by atoms with Gasteiger partial charge >= 0.3 is 5.97 Å². The lowest BCUT2D eigenvalue weighted by Gasteiger charge is -2.12. The van der Waals surface area contributed by atoms with Crippen LogP contribution in [0.3, 0.4) is 0 Å². The maximum Gasteiger partial charge on any atom is 0.333 e. The van der Waals surface area contributed by atoms with E-state index in [0.29, 0.717) is 17.9 Å². The van der Waals surface area contributed by atoms with Crippen molar-refractivity contribution in [2.75, 3.05) is 0 Å². The first kappa shape index (κ1) is 16.4. The highest BCUT2D eigenvalue weighted by atomic mass is 16.7. The third-order valence-corrected chi connectivity index (χ3v) is 4.59. The van der Waals surface area contributed by atoms with Crippen molar-refractivity contribution < 1.29 is 19.2 Å². The van der Waals surface area contributed by atoms with E-state index < -0.39 is 17.8 Å². The third kappa shape index (κ3) is 3.08. The summed E-state index contributed by atoms with van der Waals surface area (Å²) in [5.41, 5.74) is 3.11. The quantitative estimate of drug-likeness (QED) is 0.565. The Labute approximate surface area is 149 Å². The van der Waals surface area contributed by atoms with Crippen molar-refractivity contribution in [2.24, 2.45) is 10.2 Å². The molecule has 1 aromatic rings. The van der Waals surface area contributed by atoms with Crippen molar-refractivity contribution in [3.63, 3.8) is 0 Å². The zero-order valence-electron chi connectivity index (χ0n) is 14.1. The van der Waals surface area contributed by atoms with Crippen molar-refractivity contribution in [2.45, 2.75) is 38.5 Å². The zero-order chi connectivity index (χ0) is 18.1. The second-order valence-corrected chi connectivity index (χ2v) is 6.42. The smallest absolute Gasteiger partial charge is 0.330 e. The van der Waals surface area contributed by atoms with Crippen LogP contribution in [-0.2, 0) is 19.2 Å². The fraction of sp³-hybridized carbons (Fsp3) is 0.316. The fourth-order valence-electron chi connectivity index (χ4n) is 3.20. The number of unbranched alkanes of at least 4 members (excludes halogenated alkanes) is 1. The van der Waals surface area contributed by atoms with Gasteiger partial charge in [0.1, 0.15) is 0 Å². The molecule has 3 aliphatic rings. The first-order chi connectivity index (χ1) is 12.6. The topological polar surface area (TPSA) is 88.4 Å². The van der Waals surface area contributed by atoms with Gasteiger partial charge in [-0.2, -0.15) is 10.2 Å². The van der Waals surface area contributed by atoms with Crippen LogP contribution in [-0.4, -0.2) is 28.6 Å². The Kier molecular flexibility index (Phi) is 4.20. The van der Waals surface area contributed by atoms with Crippen molar-refractivity contribution >= 4 is 35.6 Å². The van der Waals surface area contributed by atoms with Gasteiger partial charge in [0.25, 0.3) is 11.8 Å². The van der Waals surface area contributed by atoms with Crippen LogP contribution in [0, 0.1) is 0 Å². The Bertz CT molecular complexity index is 975. The molecule has 0 saturated carbocycles. The average Bonchev–Trinajstić information content (AvgIpc) is 3.32. The van der Waals surface area contributed by atoms with E-state index in [1.165, 1.54) is 0 Å². The number of hydrogen-bond donors (Lipinski definition) is 0. The molecule has 0 N–H and O–H groups in total. The largest absolute Gasteiger partial charge is 0.333 e. The molecule has 2 amide bonds. The molecule has 7 heteroatoms. The first-order valence-corrected chi connectivity index (χ1v) is 8.66. The van der Waals surface area contributed by atoms with Crippen molar-refractivity contribution in [1.82, 2.24) is 5.06 Å². The number of fused-ring (bicyclic) bond motifs is 2. The molecule has 0 unspecified atom stereocenters. The van der Waals surface area contributed by atoms with Gasteiger partial charge in [0.15, 0.2) is 0 Å². The first-order valence-electron chi connectivity index (χ1n) is 8.66. The second-order valence-electron chi connectivity index (χ2n) is 6.42. The van der Waals surface area contributed by atoms with Gasteiger partial charge in [0.2, 0.25) is 0 Å². The minimum absolute atomic E-state index is 0.103. The van der Waals surface area contributed by atoms with E-state index in [4.69, 9.17) is 4.84 Å². The molecule has 1 saturated heterocycles. The summed E-state index contributed by atoms with van der Waals surface area (Å²) in [5.74, 6) is -1.48. The Morgan fingerprint density at radius 1 is 1.12 bits per heavy atom. The average molecular weight is 351 g/mol. The summed E-state index contributed by atoms with van der Waals surface area (Å²) in [5, 5.41) is 11.1. The zero-order valence-corrected chi connectivity index (χ0v) is 14.1. The number of carbonyl (C=O) groups excluding carboxylic acids is 3. The molecule has 0 radical (unpaired) electrons. The lowest BCUT2D eigenvalue weighted by molar-refractivity contribution is -0.197. The van der Waals surface area contributed by atoms with E-state index >= 15 is 0 Å². The molecular formula is C19H17N3O4. The summed E-state index contributed by atoms with van der Waals surface area (Å²) in [6, 6.07) is 4.13. The lowest BCUT2D eigenvalue weighted by atomic mass is 10.0. The van der Waals surface area contributed by atoms with Gasteiger partial charge in [-0.25, -0.2) is 4.79 Å². The molecule has 2 aliphatic heterocycles. The molecule has 1 aliphatic carbocycles. The molecular weight excluding hydrogens is 334 g/mol. The van der Waals surface area contributed by atoms with E-state index in [-0.39, 0.29) is 19.3 Å². The summed E-state index contributed by atoms with van der Waals surface area (Å²) in [6.45, 7) is 0. The van der Waals surface area contributed by atoms with Gasteiger partial charge in [0, 0.05) is 24.8 Å². The molecule has 7 nitrogen and oxygen atoms in total. The fourth-order valence-corrected chi connectivity index (χ4v) is 3.20. The van der Waals surface area contributed by atoms with Crippen LogP contribution >= 0.6 is 0 Å². The second kappa shape index (κ2) is 6.67. The molecule has 0 bridgehead atoms. The van der Waals surface area contributed by atoms with Crippen LogP contribution in [0.15, 0.2) is 28.4 Å². The maximum absolute atomic E-state index is 11.8. The minimum atomic E-state index is -0.564. The van der Waals surface area contributed by atoms with Crippen molar-refractivity contribution in [3.8, 4) is 0 Å². The molecule has 2 heterocycles. The molecule has 26 heavy (non-hydrogen) atoms. The third-order valence-electron chi connectivity index (χ3n) is 4.59. The standard InChI is InChI=1S/C19H17N3O4/c23-17-8-9-18(24)22(17)26-19(25)7-2-1-6-15-14-10-12-4-3-5-13(12)11-16(14)21-20-15/h3-5,10-11H,1-2,6-9H2. The number of benzene rings is 1. The highest BCUT2D eigenvalue weighted by Crippen LogP contribution is 2.15. The van der Waals surface area contributed by atoms with E-state index in [2.05, 4.69) is 22.3 Å². The summed E-state index contributed by atoms with van der Waals surface area (Å²) in [7, 11) is 0. The molecule has 0 spiro atoms. The van der Waals surface area contributed by atoms with Gasteiger partial charge in [-0.3, -0.25) is 9.59 Å². The van der Waals surface area contributed by atoms with Crippen LogP contribution in [0.2, 0.25) is 0 Å².